The van der Waals surface area contributed by atoms with Gasteiger partial charge in [0.15, 0.2) is 0 Å². The molecule has 1 aromatic heterocycles. The van der Waals surface area contributed by atoms with Gasteiger partial charge in [-0.15, -0.1) is 0 Å². The van der Waals surface area contributed by atoms with E-state index in [1.807, 2.05) is 6.20 Å². The lowest BCUT2D eigenvalue weighted by molar-refractivity contribution is 0.436. The van der Waals surface area contributed by atoms with Crippen molar-refractivity contribution in [2.75, 3.05) is 0 Å². The van der Waals surface area contributed by atoms with E-state index in [4.69, 9.17) is 0 Å². The Morgan fingerprint density at radius 1 is 1.15 bits per heavy atom. The molecule has 1 nitrogen and oxygen atoms in total. The molecule has 1 fully saturated rings. The molecule has 2 heteroatoms. The van der Waals surface area contributed by atoms with Crippen molar-refractivity contribution in [3.8, 4) is 0 Å². The van der Waals surface area contributed by atoms with E-state index < -0.39 is 0 Å². The molecule has 70 valence electrons. The van der Waals surface area contributed by atoms with Gasteiger partial charge in [0.2, 0.25) is 0 Å². The Kier molecular flexibility index (Phi) is 2.99. The predicted molar refractivity (Wildman–Crippen MR) is 57.8 cm³/mol. The van der Waals surface area contributed by atoms with Crippen LogP contribution in [0.25, 0.3) is 0 Å². The Morgan fingerprint density at radius 2 is 1.92 bits per heavy atom. The van der Waals surface area contributed by atoms with Crippen LogP contribution in [0.2, 0.25) is 0 Å². The zero-order chi connectivity index (χ0) is 9.10. The molecule has 0 unspecified atom stereocenters. The highest BCUT2D eigenvalue weighted by atomic mass is 79.9. The zero-order valence-corrected chi connectivity index (χ0v) is 9.26. The second-order valence-corrected chi connectivity index (χ2v) is 4.65. The largest absolute Gasteiger partial charge is 0.260 e. The third-order valence-corrected chi connectivity index (χ3v) is 3.24. The Bertz CT molecular complexity index is 262. The maximum absolute atomic E-state index is 4.46. The Balaban J connectivity index is 2.10. The van der Waals surface area contributed by atoms with Crippen LogP contribution in [0.3, 0.4) is 0 Å². The lowest BCUT2D eigenvalue weighted by Gasteiger charge is -2.20. The van der Waals surface area contributed by atoms with E-state index in [-0.39, 0.29) is 0 Å². The average molecular weight is 240 g/mol. The fourth-order valence-electron chi connectivity index (χ4n) is 2.03. The van der Waals surface area contributed by atoms with Crippen LogP contribution in [-0.2, 0) is 0 Å². The third kappa shape index (κ3) is 2.31. The van der Waals surface area contributed by atoms with Crippen molar-refractivity contribution < 1.29 is 0 Å². The minimum atomic E-state index is 0.724. The molecule has 1 heterocycles. The van der Waals surface area contributed by atoms with Crippen molar-refractivity contribution in [3.63, 3.8) is 0 Å². The molecule has 1 aliphatic carbocycles. The Hall–Kier alpha value is -0.370. The summed E-state index contributed by atoms with van der Waals surface area (Å²) in [6.45, 7) is 0. The summed E-state index contributed by atoms with van der Waals surface area (Å²) in [6, 6.07) is 4.25. The SMILES string of the molecule is Brc1ccc(C2CCCCC2)nc1. The number of pyridine rings is 1. The highest BCUT2D eigenvalue weighted by Crippen LogP contribution is 2.31. The van der Waals surface area contributed by atoms with Gasteiger partial charge in [-0.25, -0.2) is 0 Å². The molecule has 0 aromatic carbocycles. The van der Waals surface area contributed by atoms with Crippen molar-refractivity contribution in [2.24, 2.45) is 0 Å². The minimum Gasteiger partial charge on any atom is -0.260 e. The lowest BCUT2D eigenvalue weighted by atomic mass is 9.87. The molecule has 0 amide bonds. The molecular formula is C11H14BrN. The number of aromatic nitrogens is 1. The van der Waals surface area contributed by atoms with E-state index in [9.17, 15) is 0 Å². The number of hydrogen-bond acceptors (Lipinski definition) is 1. The molecule has 0 spiro atoms. The van der Waals surface area contributed by atoms with Gasteiger partial charge in [0.05, 0.1) is 0 Å². The van der Waals surface area contributed by atoms with Gasteiger partial charge in [0.1, 0.15) is 0 Å². The fourth-order valence-corrected chi connectivity index (χ4v) is 2.26. The first-order chi connectivity index (χ1) is 6.36. The van der Waals surface area contributed by atoms with Crippen LogP contribution in [0, 0.1) is 0 Å². The van der Waals surface area contributed by atoms with Crippen molar-refractivity contribution >= 4 is 15.9 Å². The standard InChI is InChI=1S/C11H14BrN/c12-10-6-7-11(13-8-10)9-4-2-1-3-5-9/h6-9H,1-5H2. The number of halogens is 1. The lowest BCUT2D eigenvalue weighted by Crippen LogP contribution is -2.05. The topological polar surface area (TPSA) is 12.9 Å². The van der Waals surface area contributed by atoms with E-state index >= 15 is 0 Å². The van der Waals surface area contributed by atoms with Crippen LogP contribution in [0.5, 0.6) is 0 Å². The Morgan fingerprint density at radius 3 is 2.54 bits per heavy atom. The normalized spacial score (nSPS) is 18.8. The van der Waals surface area contributed by atoms with Crippen LogP contribution >= 0.6 is 15.9 Å². The van der Waals surface area contributed by atoms with Crippen LogP contribution in [0.4, 0.5) is 0 Å². The first kappa shape index (κ1) is 9.20. The average Bonchev–Trinajstić information content (AvgIpc) is 2.20. The maximum Gasteiger partial charge on any atom is 0.0435 e. The number of rotatable bonds is 1. The summed E-state index contributed by atoms with van der Waals surface area (Å²) in [6.07, 6.45) is 8.73. The summed E-state index contributed by atoms with van der Waals surface area (Å²) in [5, 5.41) is 0. The predicted octanol–water partition coefficient (Wildman–Crippen LogP) is 3.89. The molecule has 0 radical (unpaired) electrons. The first-order valence-electron chi connectivity index (χ1n) is 4.98. The van der Waals surface area contributed by atoms with E-state index in [1.54, 1.807) is 0 Å². The molecule has 0 aliphatic heterocycles. The summed E-state index contributed by atoms with van der Waals surface area (Å²) in [5.74, 6) is 0.724. The molecule has 0 atom stereocenters. The summed E-state index contributed by atoms with van der Waals surface area (Å²) in [7, 11) is 0. The summed E-state index contributed by atoms with van der Waals surface area (Å²) in [4.78, 5) is 4.46. The molecular weight excluding hydrogens is 226 g/mol. The van der Waals surface area contributed by atoms with Crippen molar-refractivity contribution in [1.29, 1.82) is 0 Å². The van der Waals surface area contributed by atoms with E-state index in [2.05, 4.69) is 33.0 Å². The van der Waals surface area contributed by atoms with Crippen molar-refractivity contribution in [3.05, 3.63) is 28.5 Å². The highest BCUT2D eigenvalue weighted by Gasteiger charge is 2.15. The van der Waals surface area contributed by atoms with Crippen LogP contribution in [0.15, 0.2) is 22.8 Å². The third-order valence-electron chi connectivity index (χ3n) is 2.77. The molecule has 0 saturated heterocycles. The Labute approximate surface area is 87.7 Å². The van der Waals surface area contributed by atoms with E-state index in [0.717, 1.165) is 10.4 Å². The van der Waals surface area contributed by atoms with Gasteiger partial charge in [-0.2, -0.15) is 0 Å². The van der Waals surface area contributed by atoms with Gasteiger partial charge in [-0.1, -0.05) is 19.3 Å². The molecule has 1 aromatic rings. The van der Waals surface area contributed by atoms with Crippen LogP contribution in [0.1, 0.15) is 43.7 Å². The number of nitrogens with zero attached hydrogens (tertiary/aromatic N) is 1. The monoisotopic (exact) mass is 239 g/mol. The van der Waals surface area contributed by atoms with Gasteiger partial charge in [-0.3, -0.25) is 4.98 Å². The number of hydrogen-bond donors (Lipinski definition) is 0. The fraction of sp³-hybridized carbons (Fsp3) is 0.545. The molecule has 1 saturated carbocycles. The molecule has 1 aliphatic rings. The quantitative estimate of drug-likeness (QED) is 0.725. The second-order valence-electron chi connectivity index (χ2n) is 3.74. The smallest absolute Gasteiger partial charge is 0.0435 e. The zero-order valence-electron chi connectivity index (χ0n) is 7.67. The first-order valence-corrected chi connectivity index (χ1v) is 5.77. The van der Waals surface area contributed by atoms with Crippen LogP contribution < -0.4 is 0 Å². The minimum absolute atomic E-state index is 0.724. The molecule has 0 bridgehead atoms. The van der Waals surface area contributed by atoms with E-state index in [1.165, 1.54) is 37.8 Å². The van der Waals surface area contributed by atoms with Gasteiger partial charge < -0.3 is 0 Å². The van der Waals surface area contributed by atoms with Crippen molar-refractivity contribution in [1.82, 2.24) is 4.98 Å². The van der Waals surface area contributed by atoms with Gasteiger partial charge >= 0.3 is 0 Å². The molecule has 2 rings (SSSR count). The molecule has 0 N–H and O–H groups in total. The van der Waals surface area contributed by atoms with Crippen molar-refractivity contribution in [2.45, 2.75) is 38.0 Å². The second kappa shape index (κ2) is 4.23. The molecule has 13 heavy (non-hydrogen) atoms. The van der Waals surface area contributed by atoms with Crippen LogP contribution in [-0.4, -0.2) is 4.98 Å². The van der Waals surface area contributed by atoms with E-state index in [0.29, 0.717) is 0 Å². The maximum atomic E-state index is 4.46. The van der Waals surface area contributed by atoms with Gasteiger partial charge in [0, 0.05) is 22.3 Å². The van der Waals surface area contributed by atoms with Gasteiger partial charge in [-0.05, 0) is 40.9 Å². The summed E-state index contributed by atoms with van der Waals surface area (Å²) in [5.41, 5.74) is 1.28. The summed E-state index contributed by atoms with van der Waals surface area (Å²) < 4.78 is 1.08. The van der Waals surface area contributed by atoms with Gasteiger partial charge in [0.25, 0.3) is 0 Å². The summed E-state index contributed by atoms with van der Waals surface area (Å²) >= 11 is 3.41. The highest BCUT2D eigenvalue weighted by molar-refractivity contribution is 9.10.